The third-order valence-corrected chi connectivity index (χ3v) is 2.75. The van der Waals surface area contributed by atoms with Crippen LogP contribution in [0.15, 0.2) is 26.3 Å². The Hall–Kier alpha value is -0.600. The molecule has 0 aromatic carbocycles. The Morgan fingerprint density at radius 2 is 1.05 bits per heavy atom. The average molecular weight is 286 g/mol. The normalized spacial score (nSPS) is 9.40. The van der Waals surface area contributed by atoms with Crippen LogP contribution < -0.4 is 0 Å². The van der Waals surface area contributed by atoms with E-state index in [9.17, 15) is 0 Å². The van der Waals surface area contributed by atoms with Crippen molar-refractivity contribution >= 4 is 0 Å². The van der Waals surface area contributed by atoms with Crippen LogP contribution in [-0.2, 0) is 9.47 Å². The van der Waals surface area contributed by atoms with Crippen molar-refractivity contribution in [1.29, 1.82) is 0 Å². The van der Waals surface area contributed by atoms with E-state index in [-0.39, 0.29) is 6.29 Å². The van der Waals surface area contributed by atoms with Gasteiger partial charge in [0.1, 0.15) is 0 Å². The Morgan fingerprint density at radius 1 is 0.650 bits per heavy atom. The molecule has 0 spiro atoms. The topological polar surface area (TPSA) is 18.5 Å². The molecule has 0 aliphatic rings. The van der Waals surface area contributed by atoms with Gasteiger partial charge in [-0.2, -0.15) is 0 Å². The first-order valence-corrected chi connectivity index (χ1v) is 8.08. The van der Waals surface area contributed by atoms with Gasteiger partial charge in [0.2, 0.25) is 0 Å². The van der Waals surface area contributed by atoms with Crippen molar-refractivity contribution in [3.63, 3.8) is 0 Å². The van der Waals surface area contributed by atoms with Crippen LogP contribution in [0.5, 0.6) is 0 Å². The van der Waals surface area contributed by atoms with Gasteiger partial charge in [0.05, 0.1) is 0 Å². The van der Waals surface area contributed by atoms with Crippen LogP contribution in [0.4, 0.5) is 0 Å². The molecule has 0 saturated carbocycles. The molecule has 0 atom stereocenters. The Morgan fingerprint density at radius 3 is 1.45 bits per heavy atom. The van der Waals surface area contributed by atoms with E-state index in [1.807, 2.05) is 13.8 Å². The SMILES string of the molecule is C=C.C=C.CCCCCCCCCC(OCC)OCC. The Kier molecular flexibility index (Phi) is 32.8. The van der Waals surface area contributed by atoms with Gasteiger partial charge in [0.25, 0.3) is 0 Å². The number of hydrogen-bond donors (Lipinski definition) is 0. The van der Waals surface area contributed by atoms with E-state index in [4.69, 9.17) is 9.47 Å². The van der Waals surface area contributed by atoms with E-state index in [0.717, 1.165) is 19.6 Å². The highest BCUT2D eigenvalue weighted by Crippen LogP contribution is 2.11. The summed E-state index contributed by atoms with van der Waals surface area (Å²) in [5.74, 6) is 0. The monoisotopic (exact) mass is 286 g/mol. The van der Waals surface area contributed by atoms with Crippen molar-refractivity contribution in [2.45, 2.75) is 78.4 Å². The fourth-order valence-electron chi connectivity index (χ4n) is 1.85. The molecule has 0 aromatic heterocycles. The Labute approximate surface area is 128 Å². The smallest absolute Gasteiger partial charge is 0.157 e. The summed E-state index contributed by atoms with van der Waals surface area (Å²) in [6, 6.07) is 0. The van der Waals surface area contributed by atoms with E-state index in [1.165, 1.54) is 44.9 Å². The van der Waals surface area contributed by atoms with Gasteiger partial charge >= 0.3 is 0 Å². The first kappa shape index (κ1) is 24.4. The second kappa shape index (κ2) is 26.9. The van der Waals surface area contributed by atoms with Crippen molar-refractivity contribution in [2.24, 2.45) is 0 Å². The van der Waals surface area contributed by atoms with Crippen molar-refractivity contribution in [3.05, 3.63) is 26.3 Å². The maximum atomic E-state index is 5.51. The lowest BCUT2D eigenvalue weighted by molar-refractivity contribution is -0.140. The number of rotatable bonds is 12. The van der Waals surface area contributed by atoms with Gasteiger partial charge in [0, 0.05) is 13.2 Å². The fraction of sp³-hybridized carbons (Fsp3) is 0.778. The molecule has 0 N–H and O–H groups in total. The molecule has 0 aliphatic heterocycles. The first-order chi connectivity index (χ1) is 9.85. The highest BCUT2D eigenvalue weighted by molar-refractivity contribution is 4.49. The van der Waals surface area contributed by atoms with Crippen LogP contribution in [0.25, 0.3) is 0 Å². The molecule has 2 heteroatoms. The summed E-state index contributed by atoms with van der Waals surface area (Å²) in [6.45, 7) is 19.8. The lowest BCUT2D eigenvalue weighted by atomic mass is 10.1. The largest absolute Gasteiger partial charge is 0.353 e. The maximum Gasteiger partial charge on any atom is 0.157 e. The van der Waals surface area contributed by atoms with Crippen molar-refractivity contribution < 1.29 is 9.47 Å². The van der Waals surface area contributed by atoms with Crippen LogP contribution in [0.3, 0.4) is 0 Å². The zero-order valence-electron chi connectivity index (χ0n) is 14.3. The maximum absolute atomic E-state index is 5.51. The van der Waals surface area contributed by atoms with E-state index >= 15 is 0 Å². The molecule has 0 aliphatic carbocycles. The van der Waals surface area contributed by atoms with Crippen LogP contribution in [-0.4, -0.2) is 19.5 Å². The minimum Gasteiger partial charge on any atom is -0.353 e. The predicted molar refractivity (Wildman–Crippen MR) is 92.2 cm³/mol. The van der Waals surface area contributed by atoms with Crippen molar-refractivity contribution in [3.8, 4) is 0 Å². The summed E-state index contributed by atoms with van der Waals surface area (Å²) in [6.07, 6.45) is 10.5. The van der Waals surface area contributed by atoms with Crippen LogP contribution in [0, 0.1) is 0 Å². The van der Waals surface area contributed by atoms with Gasteiger partial charge < -0.3 is 9.47 Å². The molecule has 20 heavy (non-hydrogen) atoms. The van der Waals surface area contributed by atoms with Gasteiger partial charge in [-0.05, 0) is 26.7 Å². The number of unbranched alkanes of at least 4 members (excludes halogenated alkanes) is 6. The van der Waals surface area contributed by atoms with Crippen LogP contribution in [0.2, 0.25) is 0 Å². The molecule has 0 amide bonds. The average Bonchev–Trinajstić information content (AvgIpc) is 2.51. The molecule has 0 bridgehead atoms. The lowest BCUT2D eigenvalue weighted by Gasteiger charge is -2.16. The molecular weight excluding hydrogens is 248 g/mol. The van der Waals surface area contributed by atoms with E-state index in [1.54, 1.807) is 0 Å². The van der Waals surface area contributed by atoms with Crippen LogP contribution >= 0.6 is 0 Å². The second-order valence-corrected chi connectivity index (χ2v) is 4.25. The summed E-state index contributed by atoms with van der Waals surface area (Å²) < 4.78 is 11.0. The molecule has 0 saturated heterocycles. The van der Waals surface area contributed by atoms with Crippen molar-refractivity contribution in [1.82, 2.24) is 0 Å². The Bertz CT molecular complexity index is 140. The van der Waals surface area contributed by atoms with Gasteiger partial charge in [-0.1, -0.05) is 45.4 Å². The number of hydrogen-bond acceptors (Lipinski definition) is 2. The quantitative estimate of drug-likeness (QED) is 0.244. The molecule has 0 fully saturated rings. The predicted octanol–water partition coefficient (Wildman–Crippen LogP) is 6.13. The molecule has 0 radical (unpaired) electrons. The zero-order valence-corrected chi connectivity index (χ0v) is 14.3. The van der Waals surface area contributed by atoms with Gasteiger partial charge in [-0.25, -0.2) is 0 Å². The number of ether oxygens (including phenoxy) is 2. The summed E-state index contributed by atoms with van der Waals surface area (Å²) in [4.78, 5) is 0. The fourth-order valence-corrected chi connectivity index (χ4v) is 1.85. The highest BCUT2D eigenvalue weighted by atomic mass is 16.7. The van der Waals surface area contributed by atoms with Gasteiger partial charge in [0.15, 0.2) is 6.29 Å². The van der Waals surface area contributed by atoms with Gasteiger partial charge in [-0.3, -0.25) is 0 Å². The van der Waals surface area contributed by atoms with Crippen LogP contribution in [0.1, 0.15) is 72.1 Å². The third-order valence-electron chi connectivity index (χ3n) is 2.75. The lowest BCUT2D eigenvalue weighted by Crippen LogP contribution is -2.17. The molecule has 0 rings (SSSR count). The molecular formula is C18H38O2. The third kappa shape index (κ3) is 22.6. The zero-order chi connectivity index (χ0) is 16.1. The summed E-state index contributed by atoms with van der Waals surface area (Å²) in [5.41, 5.74) is 0. The molecule has 122 valence electrons. The molecule has 2 nitrogen and oxygen atoms in total. The summed E-state index contributed by atoms with van der Waals surface area (Å²) >= 11 is 0. The Balaban J connectivity index is -0.000000656. The first-order valence-electron chi connectivity index (χ1n) is 8.08. The second-order valence-electron chi connectivity index (χ2n) is 4.25. The minimum absolute atomic E-state index is 0.0330. The molecule has 0 unspecified atom stereocenters. The van der Waals surface area contributed by atoms with Crippen molar-refractivity contribution in [2.75, 3.05) is 13.2 Å². The standard InChI is InChI=1S/C14H30O2.2C2H4/c1-4-7-8-9-10-11-12-13-14(15-5-2)16-6-3;2*1-2/h14H,4-13H2,1-3H3;2*1-2H2. The molecule has 0 aromatic rings. The minimum atomic E-state index is 0.0330. The van der Waals surface area contributed by atoms with Gasteiger partial charge in [-0.15, -0.1) is 26.3 Å². The van der Waals surface area contributed by atoms with E-state index in [2.05, 4.69) is 33.2 Å². The van der Waals surface area contributed by atoms with E-state index in [0.29, 0.717) is 0 Å². The van der Waals surface area contributed by atoms with E-state index < -0.39 is 0 Å². The summed E-state index contributed by atoms with van der Waals surface area (Å²) in [7, 11) is 0. The molecule has 0 heterocycles. The highest BCUT2D eigenvalue weighted by Gasteiger charge is 2.06. The summed E-state index contributed by atoms with van der Waals surface area (Å²) in [5, 5.41) is 0.